The number of rotatable bonds is 5. The third-order valence-electron chi connectivity index (χ3n) is 5.15. The van der Waals surface area contributed by atoms with Gasteiger partial charge in [-0.3, -0.25) is 14.4 Å². The Balaban J connectivity index is 1.57. The van der Waals surface area contributed by atoms with Crippen LogP contribution in [0.15, 0.2) is 77.5 Å². The molecule has 0 aliphatic carbocycles. The van der Waals surface area contributed by atoms with Crippen LogP contribution in [-0.2, 0) is 9.59 Å². The topological polar surface area (TPSA) is 78.5 Å². The fourth-order valence-corrected chi connectivity index (χ4v) is 3.83. The minimum atomic E-state index is -0.606. The Morgan fingerprint density at radius 2 is 1.64 bits per heavy atom. The highest BCUT2D eigenvalue weighted by atomic mass is 35.5. The number of carbonyl (C=O) groups excluding carboxylic acids is 3. The van der Waals surface area contributed by atoms with E-state index in [1.54, 1.807) is 54.6 Å². The van der Waals surface area contributed by atoms with Crippen molar-refractivity contribution in [2.75, 3.05) is 15.5 Å². The summed E-state index contributed by atoms with van der Waals surface area (Å²) < 4.78 is 0. The monoisotopic (exact) mass is 479 g/mol. The van der Waals surface area contributed by atoms with E-state index in [0.717, 1.165) is 16.0 Å². The SMILES string of the molecule is Cc1ccc(C)c(N2C(=O)C(Cl)=C(Nc3cccc(C(=O)Nc4ccccc4Cl)c3)C2=O)c1. The molecule has 3 amide bonds. The molecule has 0 fully saturated rings. The van der Waals surface area contributed by atoms with E-state index in [0.29, 0.717) is 27.6 Å². The van der Waals surface area contributed by atoms with E-state index in [9.17, 15) is 14.4 Å². The number of halogens is 2. The summed E-state index contributed by atoms with van der Waals surface area (Å²) in [6.45, 7) is 3.69. The zero-order chi connectivity index (χ0) is 23.7. The first-order chi connectivity index (χ1) is 15.8. The summed E-state index contributed by atoms with van der Waals surface area (Å²) in [6.07, 6.45) is 0. The third-order valence-corrected chi connectivity index (χ3v) is 5.83. The second kappa shape index (κ2) is 9.10. The molecule has 4 rings (SSSR count). The van der Waals surface area contributed by atoms with Crippen LogP contribution in [0.4, 0.5) is 17.1 Å². The van der Waals surface area contributed by atoms with Crippen molar-refractivity contribution < 1.29 is 14.4 Å². The zero-order valence-electron chi connectivity index (χ0n) is 17.8. The number of carbonyl (C=O) groups is 3. The molecule has 0 unspecified atom stereocenters. The molecule has 0 radical (unpaired) electrons. The second-order valence-electron chi connectivity index (χ2n) is 7.56. The van der Waals surface area contributed by atoms with Gasteiger partial charge in [0.05, 0.1) is 16.4 Å². The Bertz CT molecular complexity index is 1330. The molecule has 2 N–H and O–H groups in total. The summed E-state index contributed by atoms with van der Waals surface area (Å²) in [5, 5.41) is 5.85. The van der Waals surface area contributed by atoms with Crippen molar-refractivity contribution in [2.45, 2.75) is 13.8 Å². The number of benzene rings is 3. The number of aryl methyl sites for hydroxylation is 2. The maximum atomic E-state index is 13.1. The molecule has 1 heterocycles. The fraction of sp³-hybridized carbons (Fsp3) is 0.0800. The Kier molecular flexibility index (Phi) is 6.22. The van der Waals surface area contributed by atoms with Crippen LogP contribution in [0.2, 0.25) is 5.02 Å². The summed E-state index contributed by atoms with van der Waals surface area (Å²) in [5.74, 6) is -1.55. The Labute approximate surface area is 200 Å². The maximum absolute atomic E-state index is 13.1. The molecule has 8 heteroatoms. The van der Waals surface area contributed by atoms with Crippen molar-refractivity contribution in [3.05, 3.63) is 99.2 Å². The van der Waals surface area contributed by atoms with Gasteiger partial charge in [0.1, 0.15) is 10.7 Å². The van der Waals surface area contributed by atoms with Gasteiger partial charge in [0.2, 0.25) is 0 Å². The smallest absolute Gasteiger partial charge is 0.283 e. The van der Waals surface area contributed by atoms with Crippen LogP contribution < -0.4 is 15.5 Å². The maximum Gasteiger partial charge on any atom is 0.283 e. The van der Waals surface area contributed by atoms with E-state index < -0.39 is 11.8 Å². The summed E-state index contributed by atoms with van der Waals surface area (Å²) in [7, 11) is 0. The van der Waals surface area contributed by atoms with E-state index in [4.69, 9.17) is 23.2 Å². The molecule has 0 saturated heterocycles. The molecule has 6 nitrogen and oxygen atoms in total. The standard InChI is InChI=1S/C25H19Cl2N3O3/c1-14-10-11-15(2)20(12-14)30-24(32)21(27)22(25(30)33)28-17-7-5-6-16(13-17)23(31)29-19-9-4-3-8-18(19)26/h3-13,28H,1-2H3,(H,29,31). The van der Waals surface area contributed by atoms with Crippen molar-refractivity contribution in [3.63, 3.8) is 0 Å². The predicted molar refractivity (Wildman–Crippen MR) is 131 cm³/mol. The highest BCUT2D eigenvalue weighted by Gasteiger charge is 2.39. The molecular formula is C25H19Cl2N3O3. The molecule has 0 bridgehead atoms. The lowest BCUT2D eigenvalue weighted by atomic mass is 10.1. The van der Waals surface area contributed by atoms with Gasteiger partial charge in [-0.2, -0.15) is 0 Å². The Morgan fingerprint density at radius 3 is 2.39 bits per heavy atom. The molecule has 0 atom stereocenters. The first kappa shape index (κ1) is 22.6. The van der Waals surface area contributed by atoms with E-state index in [1.165, 1.54) is 0 Å². The summed E-state index contributed by atoms with van der Waals surface area (Å²) in [6, 6.07) is 18.9. The van der Waals surface area contributed by atoms with Gasteiger partial charge in [0, 0.05) is 11.3 Å². The van der Waals surface area contributed by atoms with Gasteiger partial charge in [0.15, 0.2) is 0 Å². The number of para-hydroxylation sites is 1. The van der Waals surface area contributed by atoms with E-state index in [1.807, 2.05) is 26.0 Å². The van der Waals surface area contributed by atoms with Crippen LogP contribution in [0, 0.1) is 13.8 Å². The largest absolute Gasteiger partial charge is 0.350 e. The van der Waals surface area contributed by atoms with Gasteiger partial charge in [-0.1, -0.05) is 53.5 Å². The minimum Gasteiger partial charge on any atom is -0.350 e. The number of hydrogen-bond acceptors (Lipinski definition) is 4. The number of amides is 3. The third kappa shape index (κ3) is 4.49. The molecule has 1 aliphatic heterocycles. The van der Waals surface area contributed by atoms with Crippen molar-refractivity contribution in [3.8, 4) is 0 Å². The average molecular weight is 480 g/mol. The number of nitrogens with zero attached hydrogens (tertiary/aromatic N) is 1. The number of nitrogens with one attached hydrogen (secondary N) is 2. The predicted octanol–water partition coefficient (Wildman–Crippen LogP) is 5.64. The van der Waals surface area contributed by atoms with Gasteiger partial charge in [-0.05, 0) is 61.4 Å². The molecule has 0 saturated carbocycles. The van der Waals surface area contributed by atoms with Crippen LogP contribution in [0.5, 0.6) is 0 Å². The van der Waals surface area contributed by atoms with Gasteiger partial charge in [0.25, 0.3) is 17.7 Å². The number of anilines is 3. The van der Waals surface area contributed by atoms with Gasteiger partial charge in [-0.25, -0.2) is 4.90 Å². The molecular weight excluding hydrogens is 461 g/mol. The highest BCUT2D eigenvalue weighted by Crippen LogP contribution is 2.32. The average Bonchev–Trinajstić information content (AvgIpc) is 3.00. The van der Waals surface area contributed by atoms with Gasteiger partial charge >= 0.3 is 0 Å². The molecule has 0 aromatic heterocycles. The Hall–Kier alpha value is -3.61. The van der Waals surface area contributed by atoms with E-state index in [2.05, 4.69) is 10.6 Å². The first-order valence-corrected chi connectivity index (χ1v) is 10.8. The molecule has 3 aromatic rings. The summed E-state index contributed by atoms with van der Waals surface area (Å²) >= 11 is 12.4. The minimum absolute atomic E-state index is 0.0498. The quantitative estimate of drug-likeness (QED) is 0.463. The molecule has 166 valence electrons. The molecule has 33 heavy (non-hydrogen) atoms. The van der Waals surface area contributed by atoms with Crippen LogP contribution in [-0.4, -0.2) is 17.7 Å². The Morgan fingerprint density at radius 1 is 0.879 bits per heavy atom. The lowest BCUT2D eigenvalue weighted by Gasteiger charge is -2.18. The lowest BCUT2D eigenvalue weighted by molar-refractivity contribution is -0.120. The highest BCUT2D eigenvalue weighted by molar-refractivity contribution is 6.53. The number of imide groups is 1. The normalized spacial score (nSPS) is 13.5. The van der Waals surface area contributed by atoms with Crippen molar-refractivity contribution in [1.82, 2.24) is 0 Å². The van der Waals surface area contributed by atoms with Crippen LogP contribution in [0.1, 0.15) is 21.5 Å². The second-order valence-corrected chi connectivity index (χ2v) is 8.35. The van der Waals surface area contributed by atoms with Crippen LogP contribution in [0.3, 0.4) is 0 Å². The van der Waals surface area contributed by atoms with E-state index >= 15 is 0 Å². The fourth-order valence-electron chi connectivity index (χ4n) is 3.43. The zero-order valence-corrected chi connectivity index (χ0v) is 19.3. The molecule has 1 aliphatic rings. The van der Waals surface area contributed by atoms with Crippen LogP contribution >= 0.6 is 23.2 Å². The van der Waals surface area contributed by atoms with Gasteiger partial charge in [-0.15, -0.1) is 0 Å². The molecule has 0 spiro atoms. The summed E-state index contributed by atoms with van der Waals surface area (Å²) in [4.78, 5) is 39.6. The van der Waals surface area contributed by atoms with Crippen LogP contribution in [0.25, 0.3) is 0 Å². The van der Waals surface area contributed by atoms with E-state index in [-0.39, 0.29) is 16.6 Å². The summed E-state index contributed by atoms with van der Waals surface area (Å²) in [5.41, 5.74) is 3.35. The first-order valence-electron chi connectivity index (χ1n) is 10.0. The van der Waals surface area contributed by atoms with Gasteiger partial charge < -0.3 is 10.6 Å². The van der Waals surface area contributed by atoms with Crippen molar-refractivity contribution >= 4 is 58.0 Å². The number of hydrogen-bond donors (Lipinski definition) is 2. The lowest BCUT2D eigenvalue weighted by Crippen LogP contribution is -2.33. The van der Waals surface area contributed by atoms with Crippen molar-refractivity contribution in [1.29, 1.82) is 0 Å². The molecule has 3 aromatic carbocycles. The van der Waals surface area contributed by atoms with Crippen molar-refractivity contribution in [2.24, 2.45) is 0 Å².